The molecule has 0 bridgehead atoms. The van der Waals surface area contributed by atoms with E-state index in [2.05, 4.69) is 6.92 Å². The Morgan fingerprint density at radius 1 is 1.11 bits per heavy atom. The molecule has 0 aromatic heterocycles. The summed E-state index contributed by atoms with van der Waals surface area (Å²) < 4.78 is 30.0. The molecule has 18 heavy (non-hydrogen) atoms. The molecule has 2 unspecified atom stereocenters. The van der Waals surface area contributed by atoms with Crippen molar-refractivity contribution < 1.29 is 13.5 Å². The fraction of sp³-hybridized carbons (Fsp3) is 0.867. The van der Waals surface area contributed by atoms with Gasteiger partial charge < -0.3 is 4.74 Å². The van der Waals surface area contributed by atoms with Crippen LogP contribution in [0.3, 0.4) is 0 Å². The lowest BCUT2D eigenvalue weighted by Crippen LogP contribution is -2.33. The van der Waals surface area contributed by atoms with Crippen molar-refractivity contribution in [3.05, 3.63) is 12.2 Å². The van der Waals surface area contributed by atoms with Crippen molar-refractivity contribution in [3.63, 3.8) is 0 Å². The van der Waals surface area contributed by atoms with Gasteiger partial charge in [0.1, 0.15) is 0 Å². The average molecular weight is 258 g/mol. The first-order valence-electron chi connectivity index (χ1n) is 7.28. The van der Waals surface area contributed by atoms with E-state index in [4.69, 9.17) is 4.74 Å². The topological polar surface area (TPSA) is 9.23 Å². The first-order valence-corrected chi connectivity index (χ1v) is 7.28. The third kappa shape index (κ3) is 4.04. The Hall–Kier alpha value is -0.440. The third-order valence-electron chi connectivity index (χ3n) is 4.56. The van der Waals surface area contributed by atoms with Gasteiger partial charge in [-0.15, -0.1) is 0 Å². The fourth-order valence-corrected chi connectivity index (χ4v) is 3.33. The third-order valence-corrected chi connectivity index (χ3v) is 4.56. The van der Waals surface area contributed by atoms with E-state index in [-0.39, 0.29) is 0 Å². The Morgan fingerprint density at radius 2 is 1.83 bits per heavy atom. The van der Waals surface area contributed by atoms with Crippen molar-refractivity contribution in [1.82, 2.24) is 0 Å². The molecule has 0 amide bonds. The Kier molecular flexibility index (Phi) is 5.16. The Bertz CT molecular complexity index is 270. The maximum atomic E-state index is 12.0. The normalized spacial score (nSPS) is 37.3. The molecule has 1 heterocycles. The number of hydrogen-bond donors (Lipinski definition) is 0. The number of hydrogen-bond acceptors (Lipinski definition) is 1. The first-order chi connectivity index (χ1) is 8.65. The van der Waals surface area contributed by atoms with Crippen LogP contribution in [0.15, 0.2) is 12.2 Å². The van der Waals surface area contributed by atoms with E-state index in [1.807, 2.05) is 0 Å². The van der Waals surface area contributed by atoms with Gasteiger partial charge in [0.2, 0.25) is 0 Å². The predicted molar refractivity (Wildman–Crippen MR) is 68.5 cm³/mol. The van der Waals surface area contributed by atoms with E-state index in [1.165, 1.54) is 12.8 Å². The maximum Gasteiger partial charge on any atom is 0.266 e. The van der Waals surface area contributed by atoms with E-state index in [9.17, 15) is 8.78 Å². The second kappa shape index (κ2) is 6.65. The monoisotopic (exact) mass is 258 g/mol. The van der Waals surface area contributed by atoms with Crippen LogP contribution >= 0.6 is 0 Å². The summed E-state index contributed by atoms with van der Waals surface area (Å²) in [5.74, 6) is 1.84. The molecule has 1 saturated heterocycles. The smallest absolute Gasteiger partial charge is 0.266 e. The van der Waals surface area contributed by atoms with Gasteiger partial charge in [-0.1, -0.05) is 6.92 Å². The van der Waals surface area contributed by atoms with Gasteiger partial charge in [0, 0.05) is 6.61 Å². The Balaban J connectivity index is 1.71. The zero-order valence-corrected chi connectivity index (χ0v) is 11.2. The lowest BCUT2D eigenvalue weighted by atomic mass is 9.76. The summed E-state index contributed by atoms with van der Waals surface area (Å²) in [5, 5.41) is 0. The molecule has 0 aromatic rings. The van der Waals surface area contributed by atoms with Gasteiger partial charge in [-0.05, 0) is 68.8 Å². The van der Waals surface area contributed by atoms with Gasteiger partial charge in [-0.25, -0.2) is 0 Å². The standard InChI is InChI=1S/C15H24F2O/c1-11-2-8-14(18-10-11)13-6-3-12(4-7-13)5-9-15(16)17/h9,11-14H,2-8,10H2,1H3. The van der Waals surface area contributed by atoms with E-state index in [0.717, 1.165) is 38.4 Å². The largest absolute Gasteiger partial charge is 0.378 e. The van der Waals surface area contributed by atoms with Crippen LogP contribution < -0.4 is 0 Å². The summed E-state index contributed by atoms with van der Waals surface area (Å²) in [4.78, 5) is 0. The van der Waals surface area contributed by atoms with Crippen LogP contribution in [0.1, 0.15) is 51.9 Å². The summed E-state index contributed by atoms with van der Waals surface area (Å²) in [6, 6.07) is 0. The van der Waals surface area contributed by atoms with Gasteiger partial charge in [0.25, 0.3) is 6.08 Å². The number of halogens is 2. The van der Waals surface area contributed by atoms with Crippen molar-refractivity contribution in [2.45, 2.75) is 58.0 Å². The number of allylic oxidation sites excluding steroid dienone is 1. The van der Waals surface area contributed by atoms with Crippen LogP contribution in [0.4, 0.5) is 8.78 Å². The predicted octanol–water partition coefficient (Wildman–Crippen LogP) is 4.78. The maximum absolute atomic E-state index is 12.0. The summed E-state index contributed by atoms with van der Waals surface area (Å²) in [6.07, 6.45) is 7.51. The molecule has 1 aliphatic carbocycles. The number of ether oxygens (including phenoxy) is 1. The molecular formula is C15H24F2O. The molecule has 1 saturated carbocycles. The molecule has 1 aliphatic heterocycles. The zero-order valence-electron chi connectivity index (χ0n) is 11.2. The molecule has 2 atom stereocenters. The molecule has 0 aromatic carbocycles. The van der Waals surface area contributed by atoms with Crippen molar-refractivity contribution in [3.8, 4) is 0 Å². The van der Waals surface area contributed by atoms with Crippen molar-refractivity contribution in [2.75, 3.05) is 6.61 Å². The minimum atomic E-state index is -1.53. The summed E-state index contributed by atoms with van der Waals surface area (Å²) >= 11 is 0. The van der Waals surface area contributed by atoms with Gasteiger partial charge in [-0.2, -0.15) is 8.78 Å². The molecule has 0 N–H and O–H groups in total. The molecule has 0 spiro atoms. The van der Waals surface area contributed by atoms with E-state index in [1.54, 1.807) is 0 Å². The summed E-state index contributed by atoms with van der Waals surface area (Å²) in [5.41, 5.74) is 0. The van der Waals surface area contributed by atoms with Crippen LogP contribution in [0.2, 0.25) is 0 Å². The highest BCUT2D eigenvalue weighted by molar-refractivity contribution is 4.87. The van der Waals surface area contributed by atoms with Gasteiger partial charge in [0.15, 0.2) is 0 Å². The van der Waals surface area contributed by atoms with Gasteiger partial charge >= 0.3 is 0 Å². The molecule has 0 radical (unpaired) electrons. The quantitative estimate of drug-likeness (QED) is 0.708. The molecule has 2 fully saturated rings. The molecule has 2 rings (SSSR count). The second-order valence-corrected chi connectivity index (χ2v) is 6.06. The average Bonchev–Trinajstić information content (AvgIpc) is 2.38. The van der Waals surface area contributed by atoms with E-state index >= 15 is 0 Å². The molecule has 1 nitrogen and oxygen atoms in total. The number of rotatable bonds is 3. The van der Waals surface area contributed by atoms with Crippen LogP contribution in [-0.2, 0) is 4.74 Å². The molecular weight excluding hydrogens is 234 g/mol. The van der Waals surface area contributed by atoms with Crippen LogP contribution in [0.25, 0.3) is 0 Å². The van der Waals surface area contributed by atoms with E-state index < -0.39 is 6.08 Å². The Morgan fingerprint density at radius 3 is 2.39 bits per heavy atom. The SMILES string of the molecule is CC1CCC(C2CCC(CC=C(F)F)CC2)OC1. The molecule has 3 heteroatoms. The minimum absolute atomic E-state index is 0.440. The lowest BCUT2D eigenvalue weighted by Gasteiger charge is -2.37. The summed E-state index contributed by atoms with van der Waals surface area (Å²) in [6.45, 7) is 3.14. The molecule has 2 aliphatic rings. The van der Waals surface area contributed by atoms with Crippen molar-refractivity contribution >= 4 is 0 Å². The van der Waals surface area contributed by atoms with Gasteiger partial charge in [0.05, 0.1) is 6.10 Å². The zero-order chi connectivity index (χ0) is 13.0. The lowest BCUT2D eigenvalue weighted by molar-refractivity contribution is -0.0542. The highest BCUT2D eigenvalue weighted by Gasteiger charge is 2.30. The molecule has 104 valence electrons. The highest BCUT2D eigenvalue weighted by atomic mass is 19.3. The fourth-order valence-electron chi connectivity index (χ4n) is 3.33. The van der Waals surface area contributed by atoms with Crippen LogP contribution in [0.5, 0.6) is 0 Å². The van der Waals surface area contributed by atoms with Crippen molar-refractivity contribution in [1.29, 1.82) is 0 Å². The van der Waals surface area contributed by atoms with Crippen LogP contribution in [0, 0.1) is 17.8 Å². The van der Waals surface area contributed by atoms with Crippen LogP contribution in [-0.4, -0.2) is 12.7 Å². The second-order valence-electron chi connectivity index (χ2n) is 6.06. The first kappa shape index (κ1) is 14.0. The Labute approximate surface area is 109 Å². The van der Waals surface area contributed by atoms with E-state index in [0.29, 0.717) is 30.3 Å². The van der Waals surface area contributed by atoms with Gasteiger partial charge in [-0.3, -0.25) is 0 Å². The minimum Gasteiger partial charge on any atom is -0.378 e. The highest BCUT2D eigenvalue weighted by Crippen LogP contribution is 2.37. The summed E-state index contributed by atoms with van der Waals surface area (Å²) in [7, 11) is 0. The van der Waals surface area contributed by atoms with Crippen molar-refractivity contribution in [2.24, 2.45) is 17.8 Å².